The van der Waals surface area contributed by atoms with Crippen molar-refractivity contribution in [1.82, 2.24) is 14.8 Å². The van der Waals surface area contributed by atoms with Gasteiger partial charge >= 0.3 is 0 Å². The molecule has 0 radical (unpaired) electrons. The number of anilines is 1. The summed E-state index contributed by atoms with van der Waals surface area (Å²) in [5.41, 5.74) is 1.86. The number of carbonyl (C=O) groups is 1. The van der Waals surface area contributed by atoms with Crippen LogP contribution in [0.2, 0.25) is 5.02 Å². The van der Waals surface area contributed by atoms with Crippen LogP contribution in [0.5, 0.6) is 5.75 Å². The molecule has 4 aromatic rings. The van der Waals surface area contributed by atoms with Crippen LogP contribution in [0, 0.1) is 5.82 Å². The topological polar surface area (TPSA) is 69.0 Å². The molecular weight excluding hydrogens is 419 g/mol. The van der Waals surface area contributed by atoms with E-state index in [9.17, 15) is 9.18 Å². The summed E-state index contributed by atoms with van der Waals surface area (Å²) in [6, 6.07) is 19.8. The minimum Gasteiger partial charge on any atom is -0.494 e. The molecule has 1 aromatic heterocycles. The molecule has 0 aliphatic carbocycles. The molecule has 1 heterocycles. The van der Waals surface area contributed by atoms with Crippen molar-refractivity contribution >= 4 is 23.2 Å². The van der Waals surface area contributed by atoms with Gasteiger partial charge in [-0.15, -0.1) is 5.10 Å². The maximum absolute atomic E-state index is 13.4. The zero-order chi connectivity index (χ0) is 21.8. The first-order valence-corrected chi connectivity index (χ1v) is 9.94. The van der Waals surface area contributed by atoms with Gasteiger partial charge in [0.1, 0.15) is 11.6 Å². The van der Waals surface area contributed by atoms with Gasteiger partial charge in [0.15, 0.2) is 5.82 Å². The number of carbonyl (C=O) groups excluding carboxylic acids is 1. The van der Waals surface area contributed by atoms with Crippen LogP contribution >= 0.6 is 11.6 Å². The highest BCUT2D eigenvalue weighted by Crippen LogP contribution is 2.24. The number of nitrogens with zero attached hydrogens (tertiary/aromatic N) is 3. The van der Waals surface area contributed by atoms with Gasteiger partial charge in [-0.25, -0.2) is 14.1 Å². The summed E-state index contributed by atoms with van der Waals surface area (Å²) in [5.74, 6) is 0.276. The molecule has 31 heavy (non-hydrogen) atoms. The zero-order valence-electron chi connectivity index (χ0n) is 16.5. The van der Waals surface area contributed by atoms with Gasteiger partial charge in [-0.1, -0.05) is 11.6 Å². The highest BCUT2D eigenvalue weighted by atomic mass is 35.5. The van der Waals surface area contributed by atoms with Crippen molar-refractivity contribution in [2.24, 2.45) is 0 Å². The summed E-state index contributed by atoms with van der Waals surface area (Å²) in [7, 11) is 0. The molecule has 0 bridgehead atoms. The molecule has 0 unspecified atom stereocenters. The third kappa shape index (κ3) is 4.73. The third-order valence-corrected chi connectivity index (χ3v) is 4.66. The molecule has 6 nitrogen and oxygen atoms in total. The van der Waals surface area contributed by atoms with E-state index in [1.165, 1.54) is 16.8 Å². The first-order chi connectivity index (χ1) is 15.0. The van der Waals surface area contributed by atoms with E-state index in [1.807, 2.05) is 6.92 Å². The van der Waals surface area contributed by atoms with E-state index in [0.717, 1.165) is 0 Å². The van der Waals surface area contributed by atoms with Crippen LogP contribution in [0.1, 0.15) is 17.5 Å². The Labute approximate surface area is 183 Å². The number of amides is 1. The monoisotopic (exact) mass is 436 g/mol. The van der Waals surface area contributed by atoms with Crippen LogP contribution in [0.4, 0.5) is 10.1 Å². The average molecular weight is 437 g/mol. The van der Waals surface area contributed by atoms with Gasteiger partial charge in [0.05, 0.1) is 12.3 Å². The molecule has 8 heteroatoms. The van der Waals surface area contributed by atoms with Gasteiger partial charge < -0.3 is 10.1 Å². The van der Waals surface area contributed by atoms with Crippen molar-refractivity contribution in [1.29, 1.82) is 0 Å². The minimum atomic E-state index is -0.472. The van der Waals surface area contributed by atoms with Crippen molar-refractivity contribution in [3.63, 3.8) is 0 Å². The fourth-order valence-corrected chi connectivity index (χ4v) is 3.07. The smallest absolute Gasteiger partial charge is 0.295 e. The number of halogens is 2. The highest BCUT2D eigenvalue weighted by Gasteiger charge is 2.19. The highest BCUT2D eigenvalue weighted by molar-refractivity contribution is 6.30. The van der Waals surface area contributed by atoms with Crippen LogP contribution in [0.15, 0.2) is 72.8 Å². The van der Waals surface area contributed by atoms with Crippen molar-refractivity contribution in [3.8, 4) is 22.8 Å². The van der Waals surface area contributed by atoms with Crippen LogP contribution < -0.4 is 10.1 Å². The fourth-order valence-electron chi connectivity index (χ4n) is 2.94. The maximum Gasteiger partial charge on any atom is 0.295 e. The zero-order valence-corrected chi connectivity index (χ0v) is 17.3. The lowest BCUT2D eigenvalue weighted by molar-refractivity contribution is 0.101. The van der Waals surface area contributed by atoms with Crippen LogP contribution in [0.3, 0.4) is 0 Å². The van der Waals surface area contributed by atoms with E-state index in [0.29, 0.717) is 40.1 Å². The Morgan fingerprint density at radius 1 is 1.03 bits per heavy atom. The van der Waals surface area contributed by atoms with Crippen molar-refractivity contribution in [2.75, 3.05) is 11.9 Å². The molecule has 0 fully saturated rings. The fraction of sp³-hybridized carbons (Fsp3) is 0.0870. The lowest BCUT2D eigenvalue weighted by Crippen LogP contribution is -2.14. The number of benzene rings is 3. The molecule has 1 N–H and O–H groups in total. The maximum atomic E-state index is 13.4. The Kier molecular flexibility index (Phi) is 5.95. The van der Waals surface area contributed by atoms with E-state index in [1.54, 1.807) is 60.7 Å². The van der Waals surface area contributed by atoms with Gasteiger partial charge in [-0.05, 0) is 79.7 Å². The Morgan fingerprint density at radius 2 is 1.71 bits per heavy atom. The van der Waals surface area contributed by atoms with Crippen molar-refractivity contribution < 1.29 is 13.9 Å². The van der Waals surface area contributed by atoms with Gasteiger partial charge in [0.25, 0.3) is 5.91 Å². The third-order valence-electron chi connectivity index (χ3n) is 4.41. The minimum absolute atomic E-state index is 0.0249. The number of nitrogens with one attached hydrogen (secondary N) is 1. The van der Waals surface area contributed by atoms with Gasteiger partial charge in [-0.3, -0.25) is 4.79 Å². The molecule has 1 amide bonds. The predicted molar refractivity (Wildman–Crippen MR) is 117 cm³/mol. The molecule has 0 saturated heterocycles. The summed E-state index contributed by atoms with van der Waals surface area (Å²) >= 11 is 5.99. The van der Waals surface area contributed by atoms with Crippen LogP contribution in [-0.4, -0.2) is 27.3 Å². The number of aromatic nitrogens is 3. The SMILES string of the molecule is CCOc1ccc(NC(=O)c2nc(-c3ccc(Cl)cc3)n(-c3ccc(F)cc3)n2)cc1. The number of hydrogen-bond acceptors (Lipinski definition) is 4. The van der Waals surface area contributed by atoms with E-state index >= 15 is 0 Å². The second kappa shape index (κ2) is 8.97. The number of hydrogen-bond donors (Lipinski definition) is 1. The molecular formula is C23H18ClFN4O2. The van der Waals surface area contributed by atoms with E-state index in [4.69, 9.17) is 16.3 Å². The molecule has 0 saturated carbocycles. The summed E-state index contributed by atoms with van der Waals surface area (Å²) in [5, 5.41) is 7.71. The summed E-state index contributed by atoms with van der Waals surface area (Å²) < 4.78 is 20.3. The summed E-state index contributed by atoms with van der Waals surface area (Å²) in [6.07, 6.45) is 0. The second-order valence-corrected chi connectivity index (χ2v) is 7.00. The summed E-state index contributed by atoms with van der Waals surface area (Å²) in [4.78, 5) is 17.2. The second-order valence-electron chi connectivity index (χ2n) is 6.57. The molecule has 0 atom stereocenters. The average Bonchev–Trinajstić information content (AvgIpc) is 3.22. The largest absolute Gasteiger partial charge is 0.494 e. The number of ether oxygens (including phenoxy) is 1. The van der Waals surface area contributed by atoms with Crippen LogP contribution in [-0.2, 0) is 0 Å². The van der Waals surface area contributed by atoms with Gasteiger partial charge in [0, 0.05) is 16.3 Å². The lowest BCUT2D eigenvalue weighted by atomic mass is 10.2. The van der Waals surface area contributed by atoms with E-state index in [-0.39, 0.29) is 11.6 Å². The van der Waals surface area contributed by atoms with Crippen LogP contribution in [0.25, 0.3) is 17.1 Å². The Morgan fingerprint density at radius 3 is 2.35 bits per heavy atom. The van der Waals surface area contributed by atoms with Gasteiger partial charge in [-0.2, -0.15) is 0 Å². The van der Waals surface area contributed by atoms with Crippen molar-refractivity contribution in [2.45, 2.75) is 6.92 Å². The lowest BCUT2D eigenvalue weighted by Gasteiger charge is -2.06. The van der Waals surface area contributed by atoms with E-state index < -0.39 is 5.91 Å². The quantitative estimate of drug-likeness (QED) is 0.440. The first-order valence-electron chi connectivity index (χ1n) is 9.56. The standard InChI is InChI=1S/C23H18ClFN4O2/c1-2-31-20-13-9-18(10-14-20)26-23(30)21-27-22(15-3-5-16(24)6-4-15)29(28-21)19-11-7-17(25)8-12-19/h3-14H,2H2,1H3,(H,26,30). The predicted octanol–water partition coefficient (Wildman–Crippen LogP) is 5.38. The summed E-state index contributed by atoms with van der Waals surface area (Å²) in [6.45, 7) is 2.46. The molecule has 3 aromatic carbocycles. The Balaban J connectivity index is 1.67. The molecule has 0 aliphatic heterocycles. The molecule has 156 valence electrons. The molecule has 4 rings (SSSR count). The van der Waals surface area contributed by atoms with Crippen molar-refractivity contribution in [3.05, 3.63) is 89.5 Å². The normalized spacial score (nSPS) is 10.7. The molecule has 0 aliphatic rings. The Hall–Kier alpha value is -3.71. The van der Waals surface area contributed by atoms with E-state index in [2.05, 4.69) is 15.4 Å². The Bertz CT molecular complexity index is 1130. The molecule has 0 spiro atoms. The first kappa shape index (κ1) is 20.6. The number of rotatable bonds is 6. The van der Waals surface area contributed by atoms with Gasteiger partial charge in [0.2, 0.25) is 5.82 Å².